The Labute approximate surface area is 187 Å². The lowest BCUT2D eigenvalue weighted by atomic mass is 10.00. The summed E-state index contributed by atoms with van der Waals surface area (Å²) < 4.78 is 24.2. The first-order valence-corrected chi connectivity index (χ1v) is 10.9. The van der Waals surface area contributed by atoms with Crippen molar-refractivity contribution in [1.82, 2.24) is 14.9 Å². The molecule has 2 aromatic carbocycles. The van der Waals surface area contributed by atoms with E-state index >= 15 is 0 Å². The Hall–Kier alpha value is -3.35. The standard InChI is InChI=1S/C25H28FN3O3/c1-31-22-11-9-17(14-23(22)32-2)10-12-24(30)29-13-4-3-8-21(29)25-27-16-20(28-25)18-6-5-7-19(26)15-18/h5-7,9,11,14-16,21H,3-4,8,10,12-13H2,1-2H3,(H,27,28)/t21-/m0/s1. The molecule has 2 heterocycles. The van der Waals surface area contributed by atoms with E-state index in [4.69, 9.17) is 9.47 Å². The molecule has 6 nitrogen and oxygen atoms in total. The number of benzene rings is 2. The second-order valence-electron chi connectivity index (χ2n) is 7.98. The number of aromatic amines is 1. The molecule has 7 heteroatoms. The first kappa shape index (κ1) is 21.9. The third-order valence-corrected chi connectivity index (χ3v) is 5.95. The van der Waals surface area contributed by atoms with E-state index in [0.717, 1.165) is 41.9 Å². The largest absolute Gasteiger partial charge is 0.493 e. The van der Waals surface area contributed by atoms with Crippen LogP contribution in [0.5, 0.6) is 11.5 Å². The zero-order valence-corrected chi connectivity index (χ0v) is 18.4. The minimum atomic E-state index is -0.289. The van der Waals surface area contributed by atoms with Crippen molar-refractivity contribution in [1.29, 1.82) is 0 Å². The van der Waals surface area contributed by atoms with Gasteiger partial charge < -0.3 is 19.4 Å². The molecular formula is C25H28FN3O3. The number of aryl methyl sites for hydroxylation is 1. The van der Waals surface area contributed by atoms with E-state index in [1.54, 1.807) is 26.5 Å². The van der Waals surface area contributed by atoms with Crippen molar-refractivity contribution in [3.63, 3.8) is 0 Å². The van der Waals surface area contributed by atoms with Crippen molar-refractivity contribution in [2.24, 2.45) is 0 Å². The van der Waals surface area contributed by atoms with Gasteiger partial charge in [-0.1, -0.05) is 18.2 Å². The van der Waals surface area contributed by atoms with Crippen LogP contribution in [-0.4, -0.2) is 41.5 Å². The Morgan fingerprint density at radius 3 is 2.78 bits per heavy atom. The van der Waals surface area contributed by atoms with Gasteiger partial charge in [-0.25, -0.2) is 9.37 Å². The van der Waals surface area contributed by atoms with Gasteiger partial charge in [0.1, 0.15) is 11.6 Å². The van der Waals surface area contributed by atoms with Crippen LogP contribution in [-0.2, 0) is 11.2 Å². The smallest absolute Gasteiger partial charge is 0.223 e. The van der Waals surface area contributed by atoms with Gasteiger partial charge in [0.2, 0.25) is 5.91 Å². The van der Waals surface area contributed by atoms with Gasteiger partial charge in [-0.2, -0.15) is 0 Å². The number of nitrogens with one attached hydrogen (secondary N) is 1. The SMILES string of the molecule is COc1ccc(CCC(=O)N2CCCC[C@H]2c2ncc(-c3cccc(F)c3)[nH]2)cc1OC. The molecule has 0 saturated carbocycles. The van der Waals surface area contributed by atoms with E-state index in [0.29, 0.717) is 30.9 Å². The zero-order chi connectivity index (χ0) is 22.5. The minimum Gasteiger partial charge on any atom is -0.493 e. The van der Waals surface area contributed by atoms with E-state index in [9.17, 15) is 9.18 Å². The molecule has 1 saturated heterocycles. The summed E-state index contributed by atoms with van der Waals surface area (Å²) in [5, 5.41) is 0. The quantitative estimate of drug-likeness (QED) is 0.570. The highest BCUT2D eigenvalue weighted by Gasteiger charge is 2.29. The molecule has 168 valence electrons. The lowest BCUT2D eigenvalue weighted by Gasteiger charge is -2.34. The van der Waals surface area contributed by atoms with Crippen molar-refractivity contribution in [3.05, 3.63) is 65.9 Å². The number of hydrogen-bond donors (Lipinski definition) is 1. The molecule has 1 aromatic heterocycles. The predicted octanol–water partition coefficient (Wildman–Crippen LogP) is 4.92. The van der Waals surface area contributed by atoms with Gasteiger partial charge in [0, 0.05) is 18.5 Å². The summed E-state index contributed by atoms with van der Waals surface area (Å²) in [7, 11) is 3.21. The van der Waals surface area contributed by atoms with Crippen LogP contribution in [0, 0.1) is 5.82 Å². The number of halogens is 1. The number of H-pyrrole nitrogens is 1. The summed E-state index contributed by atoms with van der Waals surface area (Å²) in [5.74, 6) is 1.90. The van der Waals surface area contributed by atoms with E-state index in [2.05, 4.69) is 9.97 Å². The molecule has 1 fully saturated rings. The van der Waals surface area contributed by atoms with E-state index in [-0.39, 0.29) is 17.8 Å². The van der Waals surface area contributed by atoms with Crippen molar-refractivity contribution >= 4 is 5.91 Å². The molecule has 3 aromatic rings. The number of hydrogen-bond acceptors (Lipinski definition) is 4. The van der Waals surface area contributed by atoms with Gasteiger partial charge >= 0.3 is 0 Å². The zero-order valence-electron chi connectivity index (χ0n) is 18.4. The van der Waals surface area contributed by atoms with Crippen LogP contribution in [0.1, 0.15) is 43.1 Å². The Balaban J connectivity index is 1.46. The van der Waals surface area contributed by atoms with Crippen molar-refractivity contribution in [3.8, 4) is 22.8 Å². The first-order valence-electron chi connectivity index (χ1n) is 10.9. The van der Waals surface area contributed by atoms with Gasteiger partial charge in [-0.3, -0.25) is 4.79 Å². The molecule has 1 N–H and O–H groups in total. The molecule has 1 aliphatic heterocycles. The van der Waals surface area contributed by atoms with Gasteiger partial charge in [0.15, 0.2) is 11.5 Å². The van der Waals surface area contributed by atoms with Crippen LogP contribution in [0.2, 0.25) is 0 Å². The van der Waals surface area contributed by atoms with Crippen LogP contribution in [0.15, 0.2) is 48.7 Å². The molecule has 0 unspecified atom stereocenters. The number of ether oxygens (including phenoxy) is 2. The molecule has 32 heavy (non-hydrogen) atoms. The summed E-state index contributed by atoms with van der Waals surface area (Å²) in [6.45, 7) is 0.714. The van der Waals surface area contributed by atoms with Crippen molar-refractivity contribution in [2.75, 3.05) is 20.8 Å². The van der Waals surface area contributed by atoms with Crippen LogP contribution in [0.4, 0.5) is 4.39 Å². The molecule has 0 radical (unpaired) electrons. The fourth-order valence-electron chi connectivity index (χ4n) is 4.25. The third-order valence-electron chi connectivity index (χ3n) is 5.95. The van der Waals surface area contributed by atoms with Crippen LogP contribution in [0.3, 0.4) is 0 Å². The monoisotopic (exact) mass is 437 g/mol. The predicted molar refractivity (Wildman–Crippen MR) is 120 cm³/mol. The number of aromatic nitrogens is 2. The number of rotatable bonds is 7. The number of carbonyl (C=O) groups is 1. The maximum absolute atomic E-state index is 13.6. The molecule has 0 aliphatic carbocycles. The molecule has 0 bridgehead atoms. The van der Waals surface area contributed by atoms with Gasteiger partial charge in [0.05, 0.1) is 32.2 Å². The van der Waals surface area contributed by atoms with E-state index in [1.807, 2.05) is 29.2 Å². The summed E-state index contributed by atoms with van der Waals surface area (Å²) in [4.78, 5) is 22.9. The Kier molecular flexibility index (Phi) is 6.73. The fraction of sp³-hybridized carbons (Fsp3) is 0.360. The third kappa shape index (κ3) is 4.77. The van der Waals surface area contributed by atoms with Crippen molar-refractivity contribution < 1.29 is 18.7 Å². The number of imidazole rings is 1. The molecule has 4 rings (SSSR count). The fourth-order valence-corrected chi connectivity index (χ4v) is 4.25. The summed E-state index contributed by atoms with van der Waals surface area (Å²) in [6, 6.07) is 12.1. The maximum Gasteiger partial charge on any atom is 0.223 e. The van der Waals surface area contributed by atoms with E-state index < -0.39 is 0 Å². The second kappa shape index (κ2) is 9.85. The summed E-state index contributed by atoms with van der Waals surface area (Å²) in [6.07, 6.45) is 5.62. The van der Waals surface area contributed by atoms with Crippen LogP contribution < -0.4 is 9.47 Å². The molecule has 1 atom stereocenters. The highest BCUT2D eigenvalue weighted by atomic mass is 19.1. The number of piperidine rings is 1. The molecular weight excluding hydrogens is 409 g/mol. The number of amides is 1. The maximum atomic E-state index is 13.6. The van der Waals surface area contributed by atoms with Crippen LogP contribution in [0.25, 0.3) is 11.3 Å². The molecule has 1 amide bonds. The Morgan fingerprint density at radius 2 is 2.00 bits per heavy atom. The minimum absolute atomic E-state index is 0.0936. The number of carbonyl (C=O) groups excluding carboxylic acids is 1. The van der Waals surface area contributed by atoms with E-state index in [1.165, 1.54) is 12.1 Å². The van der Waals surface area contributed by atoms with Crippen molar-refractivity contribution in [2.45, 2.75) is 38.1 Å². The average Bonchev–Trinajstić information content (AvgIpc) is 3.32. The lowest BCUT2D eigenvalue weighted by Crippen LogP contribution is -2.39. The topological polar surface area (TPSA) is 67.5 Å². The highest BCUT2D eigenvalue weighted by molar-refractivity contribution is 5.77. The van der Waals surface area contributed by atoms with Gasteiger partial charge in [-0.05, 0) is 55.5 Å². The first-order chi connectivity index (χ1) is 15.6. The second-order valence-corrected chi connectivity index (χ2v) is 7.98. The van der Waals surface area contributed by atoms with Gasteiger partial charge in [-0.15, -0.1) is 0 Å². The highest BCUT2D eigenvalue weighted by Crippen LogP contribution is 2.32. The summed E-state index contributed by atoms with van der Waals surface area (Å²) >= 11 is 0. The number of nitrogens with zero attached hydrogens (tertiary/aromatic N) is 2. The normalized spacial score (nSPS) is 16.1. The molecule has 1 aliphatic rings. The number of methoxy groups -OCH3 is 2. The summed E-state index contributed by atoms with van der Waals surface area (Å²) in [5.41, 5.74) is 2.52. The Bertz CT molecular complexity index is 1080. The average molecular weight is 438 g/mol. The Morgan fingerprint density at radius 1 is 1.16 bits per heavy atom. The lowest BCUT2D eigenvalue weighted by molar-refractivity contribution is -0.135. The van der Waals surface area contributed by atoms with Gasteiger partial charge in [0.25, 0.3) is 0 Å². The number of likely N-dealkylation sites (tertiary alicyclic amines) is 1. The van der Waals surface area contributed by atoms with Crippen LogP contribution >= 0.6 is 0 Å². The molecule has 0 spiro atoms.